The third kappa shape index (κ3) is 3.47. The Morgan fingerprint density at radius 2 is 2.12 bits per heavy atom. The van der Waals surface area contributed by atoms with Gasteiger partial charge in [-0.1, -0.05) is 29.4 Å². The molecule has 3 aromatic heterocycles. The topological polar surface area (TPSA) is 60.4 Å². The van der Waals surface area contributed by atoms with Crippen LogP contribution in [0.5, 0.6) is 0 Å². The summed E-state index contributed by atoms with van der Waals surface area (Å²) in [7, 11) is 0. The van der Waals surface area contributed by atoms with E-state index in [9.17, 15) is 0 Å². The zero-order valence-corrected chi connectivity index (χ0v) is 15.6. The maximum Gasteiger partial charge on any atom is 0.235 e. The smallest absolute Gasteiger partial charge is 0.235 e. The molecule has 0 radical (unpaired) electrons. The van der Waals surface area contributed by atoms with Crippen molar-refractivity contribution in [1.29, 1.82) is 0 Å². The second-order valence-corrected chi connectivity index (χ2v) is 6.91. The van der Waals surface area contributed by atoms with E-state index in [1.54, 1.807) is 12.3 Å². The summed E-state index contributed by atoms with van der Waals surface area (Å²) in [5.41, 5.74) is 2.93. The Balaban J connectivity index is 2.19. The Hall–Kier alpha value is -1.86. The van der Waals surface area contributed by atoms with E-state index in [2.05, 4.69) is 31.5 Å². The van der Waals surface area contributed by atoms with Crippen LogP contribution in [0.1, 0.15) is 25.1 Å². The van der Waals surface area contributed by atoms with Gasteiger partial charge in [0.05, 0.1) is 6.54 Å². The first-order chi connectivity index (χ1) is 11.5. The van der Waals surface area contributed by atoms with Gasteiger partial charge in [-0.15, -0.1) is 5.10 Å². The van der Waals surface area contributed by atoms with Crippen LogP contribution in [-0.2, 0) is 6.54 Å². The Labute approximate surface area is 149 Å². The van der Waals surface area contributed by atoms with Gasteiger partial charge in [0, 0.05) is 24.0 Å². The van der Waals surface area contributed by atoms with Crippen LogP contribution >= 0.6 is 23.4 Å². The summed E-state index contributed by atoms with van der Waals surface area (Å²) >= 11 is 7.39. The highest BCUT2D eigenvalue weighted by Crippen LogP contribution is 2.14. The van der Waals surface area contributed by atoms with Gasteiger partial charge >= 0.3 is 0 Å². The lowest BCUT2D eigenvalue weighted by atomic mass is 10.2. The molecule has 8 heteroatoms. The molecule has 3 rings (SSSR count). The first-order valence-corrected chi connectivity index (χ1v) is 9.23. The molecule has 0 aromatic carbocycles. The lowest BCUT2D eigenvalue weighted by Gasteiger charge is -2.12. The lowest BCUT2D eigenvalue weighted by Crippen LogP contribution is -2.23. The summed E-state index contributed by atoms with van der Waals surface area (Å²) in [6.07, 6.45) is 3.75. The molecule has 3 heterocycles. The Morgan fingerprint density at radius 3 is 2.75 bits per heavy atom. The largest absolute Gasteiger partial charge is 0.310 e. The average molecular weight is 363 g/mol. The van der Waals surface area contributed by atoms with Crippen molar-refractivity contribution in [3.8, 4) is 0 Å². The van der Waals surface area contributed by atoms with E-state index in [1.165, 1.54) is 11.8 Å². The number of hydrogen-bond donors (Lipinski definition) is 0. The van der Waals surface area contributed by atoms with E-state index < -0.39 is 0 Å². The van der Waals surface area contributed by atoms with Gasteiger partial charge < -0.3 is 4.57 Å². The molecule has 126 valence electrons. The molecule has 0 aliphatic carbocycles. The average Bonchev–Trinajstić information content (AvgIpc) is 2.97. The summed E-state index contributed by atoms with van der Waals surface area (Å²) in [6, 6.07) is 5.99. The van der Waals surface area contributed by atoms with Gasteiger partial charge in [-0.2, -0.15) is 9.50 Å². The van der Waals surface area contributed by atoms with Crippen molar-refractivity contribution in [3.05, 3.63) is 46.3 Å². The van der Waals surface area contributed by atoms with Gasteiger partial charge in [0.25, 0.3) is 0 Å². The van der Waals surface area contributed by atoms with Gasteiger partial charge in [-0.3, -0.25) is 4.99 Å². The van der Waals surface area contributed by atoms with E-state index in [4.69, 9.17) is 11.6 Å². The van der Waals surface area contributed by atoms with Crippen molar-refractivity contribution in [1.82, 2.24) is 24.1 Å². The van der Waals surface area contributed by atoms with Crippen LogP contribution in [0.25, 0.3) is 5.78 Å². The van der Waals surface area contributed by atoms with Crippen molar-refractivity contribution < 1.29 is 0 Å². The van der Waals surface area contributed by atoms with Crippen molar-refractivity contribution in [2.75, 3.05) is 6.26 Å². The number of nitrogens with zero attached hydrogens (tertiary/aromatic N) is 6. The zero-order chi connectivity index (χ0) is 17.3. The number of pyridine rings is 1. The number of fused-ring (bicyclic) bond motifs is 1. The number of rotatable bonds is 4. The summed E-state index contributed by atoms with van der Waals surface area (Å²) in [5, 5.41) is 5.77. The molecule has 0 saturated carbocycles. The minimum absolute atomic E-state index is 0.186. The third-order valence-corrected chi connectivity index (χ3v) is 4.26. The number of aromatic nitrogens is 5. The fourth-order valence-corrected chi connectivity index (χ4v) is 2.87. The minimum Gasteiger partial charge on any atom is -0.310 e. The predicted octanol–water partition coefficient (Wildman–Crippen LogP) is 2.97. The lowest BCUT2D eigenvalue weighted by molar-refractivity contribution is 0.696. The second kappa shape index (κ2) is 6.94. The van der Waals surface area contributed by atoms with Crippen LogP contribution in [0.15, 0.2) is 34.5 Å². The van der Waals surface area contributed by atoms with Gasteiger partial charge in [0.15, 0.2) is 5.49 Å². The zero-order valence-electron chi connectivity index (χ0n) is 14.1. The molecule has 0 saturated heterocycles. The van der Waals surface area contributed by atoms with Crippen molar-refractivity contribution in [2.24, 2.45) is 4.99 Å². The number of hydrogen-bond acceptors (Lipinski definition) is 5. The Bertz CT molecular complexity index is 926. The van der Waals surface area contributed by atoms with Crippen LogP contribution < -0.4 is 5.49 Å². The second-order valence-electron chi connectivity index (χ2n) is 5.75. The molecule has 6 nitrogen and oxygen atoms in total. The van der Waals surface area contributed by atoms with Crippen molar-refractivity contribution in [2.45, 2.75) is 38.5 Å². The van der Waals surface area contributed by atoms with Gasteiger partial charge in [0.2, 0.25) is 10.9 Å². The maximum atomic E-state index is 5.87. The van der Waals surface area contributed by atoms with E-state index in [1.807, 2.05) is 36.8 Å². The molecular weight excluding hydrogens is 344 g/mol. The molecule has 0 unspecified atom stereocenters. The molecule has 0 fully saturated rings. The Morgan fingerprint density at radius 1 is 1.33 bits per heavy atom. The first kappa shape index (κ1) is 17.0. The highest BCUT2D eigenvalue weighted by molar-refractivity contribution is 7.98. The molecule has 0 aliphatic rings. The Kier molecular flexibility index (Phi) is 4.91. The maximum absolute atomic E-state index is 5.87. The van der Waals surface area contributed by atoms with Crippen LogP contribution in [0.3, 0.4) is 0 Å². The number of aryl methyl sites for hydroxylation is 1. The minimum atomic E-state index is 0.186. The quantitative estimate of drug-likeness (QED) is 0.529. The number of halogens is 1. The summed E-state index contributed by atoms with van der Waals surface area (Å²) in [4.78, 5) is 13.5. The van der Waals surface area contributed by atoms with Gasteiger partial charge in [-0.25, -0.2) is 4.98 Å². The van der Waals surface area contributed by atoms with E-state index in [-0.39, 0.29) is 6.04 Å². The molecule has 0 spiro atoms. The van der Waals surface area contributed by atoms with E-state index in [0.717, 1.165) is 27.7 Å². The van der Waals surface area contributed by atoms with Crippen LogP contribution in [-0.4, -0.2) is 36.4 Å². The van der Waals surface area contributed by atoms with Crippen molar-refractivity contribution in [3.63, 3.8) is 0 Å². The van der Waals surface area contributed by atoms with Crippen molar-refractivity contribution >= 4 is 29.1 Å². The molecule has 0 atom stereocenters. The molecule has 24 heavy (non-hydrogen) atoms. The molecule has 0 amide bonds. The third-order valence-electron chi connectivity index (χ3n) is 3.50. The number of thioether (sulfide) groups is 1. The highest BCUT2D eigenvalue weighted by Gasteiger charge is 2.12. The molecule has 0 aliphatic heterocycles. The normalized spacial score (nSPS) is 12.5. The van der Waals surface area contributed by atoms with Gasteiger partial charge in [0.1, 0.15) is 5.15 Å². The van der Waals surface area contributed by atoms with Gasteiger partial charge in [-0.05, 0) is 38.7 Å². The first-order valence-electron chi connectivity index (χ1n) is 7.63. The SMILES string of the molecule is CSc1nc2n(Cc3ccc(Cl)nc3)c(C)cc(=NC(C)C)n2n1. The van der Waals surface area contributed by atoms with Crippen LogP contribution in [0.4, 0.5) is 0 Å². The monoisotopic (exact) mass is 362 g/mol. The van der Waals surface area contributed by atoms with Crippen LogP contribution in [0, 0.1) is 6.92 Å². The summed E-state index contributed by atoms with van der Waals surface area (Å²) in [6.45, 7) is 6.80. The molecule has 0 N–H and O–H groups in total. The predicted molar refractivity (Wildman–Crippen MR) is 96.5 cm³/mol. The molecule has 3 aromatic rings. The summed E-state index contributed by atoms with van der Waals surface area (Å²) in [5.74, 6) is 0.772. The highest BCUT2D eigenvalue weighted by atomic mass is 35.5. The van der Waals surface area contributed by atoms with E-state index >= 15 is 0 Å². The summed E-state index contributed by atoms with van der Waals surface area (Å²) < 4.78 is 3.92. The standard InChI is InChI=1S/C16H19ClN6S/c1-10(2)19-14-7-11(3)22(9-12-5-6-13(17)18-8-12)16-20-15(24-4)21-23(14)16/h5-8,10H,9H2,1-4H3. The fraction of sp³-hybridized carbons (Fsp3) is 0.375. The molecule has 0 bridgehead atoms. The fourth-order valence-electron chi connectivity index (χ4n) is 2.42. The van der Waals surface area contributed by atoms with E-state index in [0.29, 0.717) is 11.7 Å². The molecular formula is C16H19ClN6S. The van der Waals surface area contributed by atoms with Crippen LogP contribution in [0.2, 0.25) is 5.15 Å².